The van der Waals surface area contributed by atoms with Crippen molar-refractivity contribution < 1.29 is 9.59 Å². The number of nitrogens with zero attached hydrogens (tertiary/aromatic N) is 1. The average Bonchev–Trinajstić information content (AvgIpc) is 3.02. The van der Waals surface area contributed by atoms with Crippen LogP contribution in [0.4, 0.5) is 4.79 Å². The van der Waals surface area contributed by atoms with Gasteiger partial charge in [0.25, 0.3) is 5.91 Å². The van der Waals surface area contributed by atoms with E-state index in [1.165, 1.54) is 32.7 Å². The summed E-state index contributed by atoms with van der Waals surface area (Å²) in [5.41, 5.74) is 3.11. The van der Waals surface area contributed by atoms with Crippen LogP contribution in [0, 0.1) is 0 Å². The molecule has 1 saturated heterocycles. The highest BCUT2D eigenvalue weighted by molar-refractivity contribution is 9.08. The molecule has 41 heavy (non-hydrogen) atoms. The molecule has 0 unspecified atom stereocenters. The fourth-order valence-electron chi connectivity index (χ4n) is 5.14. The largest absolute Gasteiger partial charge is 0.335 e. The van der Waals surface area contributed by atoms with Crippen molar-refractivity contribution >= 4 is 49.4 Å². The fraction of sp³-hybridized carbons (Fsp3) is 0.200. The van der Waals surface area contributed by atoms with E-state index in [1.54, 1.807) is 24.3 Å². The first kappa shape index (κ1) is 28.5. The molecule has 1 fully saturated rings. The molecule has 3 amide bonds. The zero-order chi connectivity index (χ0) is 28.4. The van der Waals surface area contributed by atoms with Crippen LogP contribution in [0.1, 0.15) is 34.3 Å². The maximum Gasteiger partial charge on any atom is 0.321 e. The summed E-state index contributed by atoms with van der Waals surface area (Å²) in [6.45, 7) is 2.76. The molecule has 5 nitrogen and oxygen atoms in total. The topological polar surface area (TPSA) is 61.4 Å². The summed E-state index contributed by atoms with van der Waals surface area (Å²) in [5.74, 6) is -0.378. The van der Waals surface area contributed by atoms with Crippen molar-refractivity contribution in [3.63, 3.8) is 0 Å². The quantitative estimate of drug-likeness (QED) is 0.201. The Morgan fingerprint density at radius 2 is 1.22 bits per heavy atom. The van der Waals surface area contributed by atoms with E-state index in [0.29, 0.717) is 5.56 Å². The van der Waals surface area contributed by atoms with Gasteiger partial charge >= 0.3 is 6.03 Å². The summed E-state index contributed by atoms with van der Waals surface area (Å²) in [4.78, 5) is 26.6. The second kappa shape index (κ2) is 14.1. The first-order chi connectivity index (χ1) is 20.1. The third-order valence-electron chi connectivity index (χ3n) is 7.37. The standard InChI is InChI=1S/C24H25N3O2.C11H9Br/c28-23(20-7-2-1-3-8-20)26-24(29)25-22-12-14-27(15-13-22)17-18-10-11-19-6-4-5-9-21(19)16-18;12-8-9-5-6-10-3-1-2-4-11(10)7-9/h1-11,16,22H,12-15,17H2,(H2,25,26,28,29);1-7H,8H2. The molecule has 208 valence electrons. The number of likely N-dealkylation sites (tertiary alicyclic amines) is 1. The molecule has 0 atom stereocenters. The normalized spacial score (nSPS) is 13.8. The van der Waals surface area contributed by atoms with Crippen molar-refractivity contribution in [1.82, 2.24) is 15.5 Å². The van der Waals surface area contributed by atoms with Gasteiger partial charge in [0.05, 0.1) is 0 Å². The van der Waals surface area contributed by atoms with Crippen molar-refractivity contribution in [1.29, 1.82) is 0 Å². The van der Waals surface area contributed by atoms with Crippen LogP contribution in [0.2, 0.25) is 0 Å². The lowest BCUT2D eigenvalue weighted by molar-refractivity contribution is 0.0961. The van der Waals surface area contributed by atoms with Crippen molar-refractivity contribution in [3.05, 3.63) is 132 Å². The van der Waals surface area contributed by atoms with E-state index in [-0.39, 0.29) is 11.9 Å². The van der Waals surface area contributed by atoms with Crippen LogP contribution in [0.5, 0.6) is 0 Å². The predicted molar refractivity (Wildman–Crippen MR) is 171 cm³/mol. The molecule has 5 aromatic carbocycles. The molecule has 0 aliphatic carbocycles. The first-order valence-corrected chi connectivity index (χ1v) is 15.1. The third kappa shape index (κ3) is 8.03. The number of fused-ring (bicyclic) bond motifs is 2. The Morgan fingerprint density at radius 1 is 0.683 bits per heavy atom. The van der Waals surface area contributed by atoms with Gasteiger partial charge in [-0.15, -0.1) is 0 Å². The van der Waals surface area contributed by atoms with Crippen LogP contribution in [-0.4, -0.2) is 36.0 Å². The maximum atomic E-state index is 12.1. The molecule has 0 bridgehead atoms. The fourth-order valence-corrected chi connectivity index (χ4v) is 5.49. The highest BCUT2D eigenvalue weighted by Crippen LogP contribution is 2.19. The lowest BCUT2D eigenvalue weighted by atomic mass is 10.0. The monoisotopic (exact) mass is 607 g/mol. The molecule has 0 aromatic heterocycles. The van der Waals surface area contributed by atoms with Gasteiger partial charge in [0.1, 0.15) is 0 Å². The Kier molecular flexibility index (Phi) is 9.78. The average molecular weight is 609 g/mol. The maximum absolute atomic E-state index is 12.1. The number of imide groups is 1. The van der Waals surface area contributed by atoms with Gasteiger partial charge in [-0.05, 0) is 63.7 Å². The Balaban J connectivity index is 0.000000234. The van der Waals surface area contributed by atoms with E-state index in [9.17, 15) is 9.59 Å². The number of alkyl halides is 1. The molecule has 6 rings (SSSR count). The van der Waals surface area contributed by atoms with Gasteiger partial charge in [-0.25, -0.2) is 4.79 Å². The summed E-state index contributed by atoms with van der Waals surface area (Å²) in [7, 11) is 0. The SMILES string of the molecule is BrCc1ccc2ccccc2c1.O=C(NC(=O)c1ccccc1)NC1CCN(Cc2ccc3ccccc3c2)CC1. The number of hydrogen-bond donors (Lipinski definition) is 2. The summed E-state index contributed by atoms with van der Waals surface area (Å²) in [6, 6.07) is 38.4. The predicted octanol–water partition coefficient (Wildman–Crippen LogP) is 7.68. The highest BCUT2D eigenvalue weighted by atomic mass is 79.9. The van der Waals surface area contributed by atoms with Gasteiger partial charge < -0.3 is 5.32 Å². The minimum atomic E-state index is -0.424. The Labute approximate surface area is 249 Å². The van der Waals surface area contributed by atoms with Gasteiger partial charge in [-0.2, -0.15) is 0 Å². The zero-order valence-corrected chi connectivity index (χ0v) is 24.5. The minimum absolute atomic E-state index is 0.0893. The second-order valence-corrected chi connectivity index (χ2v) is 10.9. The zero-order valence-electron chi connectivity index (χ0n) is 22.9. The number of carbonyl (C=O) groups excluding carboxylic acids is 2. The summed E-state index contributed by atoms with van der Waals surface area (Å²) in [6.07, 6.45) is 1.75. The Bertz CT molecular complexity index is 1610. The number of carbonyl (C=O) groups is 2. The molecule has 5 aromatic rings. The molecule has 0 radical (unpaired) electrons. The van der Waals surface area contributed by atoms with Gasteiger partial charge in [-0.3, -0.25) is 15.0 Å². The summed E-state index contributed by atoms with van der Waals surface area (Å²) in [5, 5.41) is 11.4. The highest BCUT2D eigenvalue weighted by Gasteiger charge is 2.21. The van der Waals surface area contributed by atoms with E-state index in [1.807, 2.05) is 6.07 Å². The molecule has 1 heterocycles. The van der Waals surface area contributed by atoms with Crippen molar-refractivity contribution in [2.75, 3.05) is 13.1 Å². The van der Waals surface area contributed by atoms with Crippen LogP contribution in [0.15, 0.2) is 115 Å². The molecule has 0 saturated carbocycles. The molecule has 1 aliphatic rings. The Morgan fingerprint density at radius 3 is 1.83 bits per heavy atom. The first-order valence-electron chi connectivity index (χ1n) is 14.0. The van der Waals surface area contributed by atoms with Crippen LogP contribution in [-0.2, 0) is 11.9 Å². The van der Waals surface area contributed by atoms with Crippen molar-refractivity contribution in [2.45, 2.75) is 30.8 Å². The third-order valence-corrected chi connectivity index (χ3v) is 8.02. The lowest BCUT2D eigenvalue weighted by Gasteiger charge is -2.32. The molecular weight excluding hydrogens is 574 g/mol. The summed E-state index contributed by atoms with van der Waals surface area (Å²) < 4.78 is 0. The number of rotatable bonds is 5. The molecule has 6 heteroatoms. The van der Waals surface area contributed by atoms with Gasteiger partial charge in [0.2, 0.25) is 0 Å². The number of halogens is 1. The van der Waals surface area contributed by atoms with E-state index >= 15 is 0 Å². The van der Waals surface area contributed by atoms with E-state index < -0.39 is 6.03 Å². The number of nitrogens with one attached hydrogen (secondary N) is 2. The number of piperidine rings is 1. The molecule has 1 aliphatic heterocycles. The minimum Gasteiger partial charge on any atom is -0.335 e. The van der Waals surface area contributed by atoms with Crippen molar-refractivity contribution in [3.8, 4) is 0 Å². The Hall–Kier alpha value is -4.00. The smallest absolute Gasteiger partial charge is 0.321 e. The molecule has 2 N–H and O–H groups in total. The van der Waals surface area contributed by atoms with Crippen LogP contribution < -0.4 is 10.6 Å². The molecular formula is C35H34BrN3O2. The number of urea groups is 1. The number of amides is 3. The number of hydrogen-bond acceptors (Lipinski definition) is 3. The summed E-state index contributed by atoms with van der Waals surface area (Å²) >= 11 is 3.44. The van der Waals surface area contributed by atoms with E-state index in [4.69, 9.17) is 0 Å². The van der Waals surface area contributed by atoms with Gasteiger partial charge in [0.15, 0.2) is 0 Å². The second-order valence-electron chi connectivity index (χ2n) is 10.3. The molecule has 0 spiro atoms. The number of benzene rings is 5. The van der Waals surface area contributed by atoms with Crippen molar-refractivity contribution in [2.24, 2.45) is 0 Å². The lowest BCUT2D eigenvalue weighted by Crippen LogP contribution is -2.49. The van der Waals surface area contributed by atoms with E-state index in [2.05, 4.69) is 116 Å². The van der Waals surface area contributed by atoms with Gasteiger partial charge in [-0.1, -0.05) is 113 Å². The van der Waals surface area contributed by atoms with Crippen LogP contribution >= 0.6 is 15.9 Å². The van der Waals surface area contributed by atoms with E-state index in [0.717, 1.165) is 37.8 Å². The van der Waals surface area contributed by atoms with Crippen LogP contribution in [0.3, 0.4) is 0 Å². The van der Waals surface area contributed by atoms with Crippen LogP contribution in [0.25, 0.3) is 21.5 Å². The van der Waals surface area contributed by atoms with Gasteiger partial charge in [0, 0.05) is 36.6 Å².